The molecule has 0 spiro atoms. The van der Waals surface area contributed by atoms with E-state index >= 15 is 0 Å². The molecule has 0 aliphatic carbocycles. The van der Waals surface area contributed by atoms with Gasteiger partial charge in [-0.15, -0.1) is 11.3 Å². The fourth-order valence-corrected chi connectivity index (χ4v) is 3.57. The maximum absolute atomic E-state index is 11.9. The van der Waals surface area contributed by atoms with Crippen molar-refractivity contribution in [3.8, 4) is 16.3 Å². The van der Waals surface area contributed by atoms with E-state index < -0.39 is 4.92 Å². The second-order valence-electron chi connectivity index (χ2n) is 5.77. The zero-order valence-corrected chi connectivity index (χ0v) is 14.7. The Bertz CT molecular complexity index is 1150. The second kappa shape index (κ2) is 6.97. The van der Waals surface area contributed by atoms with Gasteiger partial charge >= 0.3 is 0 Å². The largest absolute Gasteiger partial charge is 0.872 e. The molecule has 0 N–H and O–H groups in total. The molecule has 1 aromatic heterocycles. The summed E-state index contributed by atoms with van der Waals surface area (Å²) in [6.45, 7) is 0. The molecule has 0 bridgehead atoms. The molecule has 0 fully saturated rings. The Morgan fingerprint density at radius 1 is 1.04 bits per heavy atom. The number of nitrogens with zero attached hydrogens (tertiary/aromatic N) is 3. The summed E-state index contributed by atoms with van der Waals surface area (Å²) in [4.78, 5) is 19.3. The van der Waals surface area contributed by atoms with Gasteiger partial charge in [-0.3, -0.25) is 15.1 Å². The normalized spacial score (nSPS) is 11.3. The number of hydrogen-bond donors (Lipinski definition) is 0. The summed E-state index contributed by atoms with van der Waals surface area (Å²) in [6.07, 6.45) is 1.35. The number of nitro groups is 1. The molecule has 1 heterocycles. The number of benzene rings is 3. The first-order valence-corrected chi connectivity index (χ1v) is 8.87. The van der Waals surface area contributed by atoms with E-state index in [9.17, 15) is 15.2 Å². The highest BCUT2D eigenvalue weighted by Gasteiger charge is 2.07. The van der Waals surface area contributed by atoms with Gasteiger partial charge in [0.05, 0.1) is 20.8 Å². The van der Waals surface area contributed by atoms with Crippen LogP contribution in [-0.4, -0.2) is 16.1 Å². The van der Waals surface area contributed by atoms with Gasteiger partial charge in [0.1, 0.15) is 5.01 Å². The number of nitro benzene ring substituents is 1. The van der Waals surface area contributed by atoms with Gasteiger partial charge in [-0.05, 0) is 29.8 Å². The number of rotatable bonds is 4. The second-order valence-corrected chi connectivity index (χ2v) is 6.81. The monoisotopic (exact) mass is 374 g/mol. The van der Waals surface area contributed by atoms with Crippen LogP contribution in [0.1, 0.15) is 5.56 Å². The Hall–Kier alpha value is -3.58. The average molecular weight is 374 g/mol. The van der Waals surface area contributed by atoms with Crippen LogP contribution >= 0.6 is 11.3 Å². The van der Waals surface area contributed by atoms with Crippen molar-refractivity contribution in [3.63, 3.8) is 0 Å². The van der Waals surface area contributed by atoms with Crippen molar-refractivity contribution in [1.82, 2.24) is 4.98 Å². The summed E-state index contributed by atoms with van der Waals surface area (Å²) < 4.78 is 1.11. The van der Waals surface area contributed by atoms with Crippen molar-refractivity contribution < 1.29 is 10.0 Å². The van der Waals surface area contributed by atoms with Crippen LogP contribution in [0.25, 0.3) is 20.8 Å². The fourth-order valence-electron chi connectivity index (χ4n) is 2.61. The van der Waals surface area contributed by atoms with Crippen molar-refractivity contribution in [3.05, 3.63) is 82.4 Å². The molecule has 3 aromatic carbocycles. The third-order valence-electron chi connectivity index (χ3n) is 3.94. The molecule has 132 valence electrons. The van der Waals surface area contributed by atoms with Crippen molar-refractivity contribution in [2.75, 3.05) is 0 Å². The Balaban J connectivity index is 1.66. The highest BCUT2D eigenvalue weighted by atomic mass is 32.1. The van der Waals surface area contributed by atoms with E-state index in [0.29, 0.717) is 5.69 Å². The SMILES string of the molecule is O=[N+]([O-])c1ccc([O-])c(C=Nc2cccc(-c3nc4ccccc4s3)c2)c1. The first-order chi connectivity index (χ1) is 13.1. The zero-order valence-electron chi connectivity index (χ0n) is 13.9. The summed E-state index contributed by atoms with van der Waals surface area (Å²) in [5.41, 5.74) is 2.54. The van der Waals surface area contributed by atoms with Gasteiger partial charge in [0.25, 0.3) is 5.69 Å². The van der Waals surface area contributed by atoms with Crippen LogP contribution in [0.2, 0.25) is 0 Å². The Morgan fingerprint density at radius 2 is 1.89 bits per heavy atom. The maximum Gasteiger partial charge on any atom is 0.270 e. The first kappa shape index (κ1) is 16.9. The number of fused-ring (bicyclic) bond motifs is 1. The average Bonchev–Trinajstić information content (AvgIpc) is 3.12. The van der Waals surface area contributed by atoms with Crippen LogP contribution in [0.5, 0.6) is 5.75 Å². The van der Waals surface area contributed by atoms with Gasteiger partial charge in [0, 0.05) is 23.9 Å². The van der Waals surface area contributed by atoms with Gasteiger partial charge in [-0.1, -0.05) is 36.1 Å². The molecule has 0 atom stereocenters. The van der Waals surface area contributed by atoms with E-state index in [1.54, 1.807) is 17.4 Å². The molecule has 0 saturated carbocycles. The number of hydrogen-bond acceptors (Lipinski definition) is 6. The summed E-state index contributed by atoms with van der Waals surface area (Å²) in [5, 5.41) is 23.6. The van der Waals surface area contributed by atoms with Crippen molar-refractivity contribution in [1.29, 1.82) is 0 Å². The molecule has 0 saturated heterocycles. The van der Waals surface area contributed by atoms with Gasteiger partial charge in [0.2, 0.25) is 0 Å². The predicted molar refractivity (Wildman–Crippen MR) is 105 cm³/mol. The molecule has 27 heavy (non-hydrogen) atoms. The summed E-state index contributed by atoms with van der Waals surface area (Å²) >= 11 is 1.59. The molecule has 0 amide bonds. The lowest BCUT2D eigenvalue weighted by Gasteiger charge is -2.08. The number of aromatic nitrogens is 1. The zero-order chi connectivity index (χ0) is 18.8. The van der Waals surface area contributed by atoms with E-state index in [-0.39, 0.29) is 17.0 Å². The fraction of sp³-hybridized carbons (Fsp3) is 0. The van der Waals surface area contributed by atoms with E-state index in [4.69, 9.17) is 0 Å². The van der Waals surface area contributed by atoms with Gasteiger partial charge in [0.15, 0.2) is 0 Å². The van der Waals surface area contributed by atoms with Gasteiger partial charge < -0.3 is 5.11 Å². The molecule has 0 radical (unpaired) electrons. The summed E-state index contributed by atoms with van der Waals surface area (Å²) in [7, 11) is 0. The smallest absolute Gasteiger partial charge is 0.270 e. The quantitative estimate of drug-likeness (QED) is 0.294. The van der Waals surface area contributed by atoms with Crippen LogP contribution in [0.3, 0.4) is 0 Å². The lowest BCUT2D eigenvalue weighted by atomic mass is 10.2. The van der Waals surface area contributed by atoms with E-state index in [1.807, 2.05) is 42.5 Å². The molecule has 4 aromatic rings. The Labute approximate surface area is 158 Å². The van der Waals surface area contributed by atoms with Crippen molar-refractivity contribution >= 4 is 39.1 Å². The summed E-state index contributed by atoms with van der Waals surface area (Å²) in [6, 6.07) is 19.0. The minimum absolute atomic E-state index is 0.140. The molecule has 0 unspecified atom stereocenters. The maximum atomic E-state index is 11.9. The van der Waals surface area contributed by atoms with Crippen LogP contribution in [0, 0.1) is 10.1 Å². The van der Waals surface area contributed by atoms with Crippen LogP contribution in [0.15, 0.2) is 71.7 Å². The number of aliphatic imine (C=N–C) groups is 1. The minimum atomic E-state index is -0.537. The molecule has 4 rings (SSSR count). The van der Waals surface area contributed by atoms with Gasteiger partial charge in [-0.2, -0.15) is 0 Å². The molecule has 6 nitrogen and oxygen atoms in total. The Kier molecular flexibility index (Phi) is 4.35. The predicted octanol–water partition coefficient (Wildman–Crippen LogP) is 4.70. The highest BCUT2D eigenvalue weighted by Crippen LogP contribution is 2.31. The van der Waals surface area contributed by atoms with Crippen molar-refractivity contribution in [2.45, 2.75) is 0 Å². The Morgan fingerprint density at radius 3 is 2.70 bits per heavy atom. The first-order valence-electron chi connectivity index (χ1n) is 8.06. The number of thiazole rings is 1. The van der Waals surface area contributed by atoms with Gasteiger partial charge in [-0.25, -0.2) is 4.98 Å². The lowest BCUT2D eigenvalue weighted by Crippen LogP contribution is -1.98. The molecular weight excluding hydrogens is 362 g/mol. The number of non-ortho nitro benzene ring substituents is 1. The standard InChI is InChI=1S/C20H13N3O3S/c24-18-9-8-16(23(25)26)11-14(18)12-21-15-5-3-4-13(10-15)20-22-17-6-1-2-7-19(17)27-20/h1-12,24H/p-1. The van der Waals surface area contributed by atoms with Crippen LogP contribution in [0.4, 0.5) is 11.4 Å². The molecule has 7 heteroatoms. The van der Waals surface area contributed by atoms with E-state index in [0.717, 1.165) is 20.8 Å². The minimum Gasteiger partial charge on any atom is -0.872 e. The number of para-hydroxylation sites is 1. The molecular formula is C20H12N3O3S-. The molecule has 0 aliphatic rings. The van der Waals surface area contributed by atoms with Crippen LogP contribution in [-0.2, 0) is 0 Å². The molecule has 0 aliphatic heterocycles. The topological polar surface area (TPSA) is 91.5 Å². The van der Waals surface area contributed by atoms with E-state index in [1.165, 1.54) is 24.4 Å². The third-order valence-corrected chi connectivity index (χ3v) is 5.03. The van der Waals surface area contributed by atoms with Crippen LogP contribution < -0.4 is 5.11 Å². The van der Waals surface area contributed by atoms with E-state index in [2.05, 4.69) is 9.98 Å². The lowest BCUT2D eigenvalue weighted by molar-refractivity contribution is -0.385. The highest BCUT2D eigenvalue weighted by molar-refractivity contribution is 7.21. The van der Waals surface area contributed by atoms with Crippen molar-refractivity contribution in [2.24, 2.45) is 4.99 Å². The summed E-state index contributed by atoms with van der Waals surface area (Å²) in [5.74, 6) is -0.313. The third kappa shape index (κ3) is 3.54.